The molecule has 0 saturated heterocycles. The smallest absolute Gasteiger partial charge is 0.411 e. The third-order valence-corrected chi connectivity index (χ3v) is 7.19. The van der Waals surface area contributed by atoms with Crippen LogP contribution in [0.4, 0.5) is 23.7 Å². The molecule has 0 saturated carbocycles. The highest BCUT2D eigenvalue weighted by molar-refractivity contribution is 6.30. The molecule has 2 aromatic heterocycles. The number of hydrogen-bond acceptors (Lipinski definition) is 4. The van der Waals surface area contributed by atoms with Gasteiger partial charge in [0, 0.05) is 38.8 Å². The van der Waals surface area contributed by atoms with E-state index in [1.54, 1.807) is 48.8 Å². The summed E-state index contributed by atoms with van der Waals surface area (Å²) in [5.41, 5.74) is 4.19. The van der Waals surface area contributed by atoms with Gasteiger partial charge in [-0.15, -0.1) is 0 Å². The van der Waals surface area contributed by atoms with Gasteiger partial charge in [0.2, 0.25) is 11.9 Å². The van der Waals surface area contributed by atoms with Crippen LogP contribution in [-0.4, -0.2) is 30.3 Å². The summed E-state index contributed by atoms with van der Waals surface area (Å²) in [4.78, 5) is 25.3. The highest BCUT2D eigenvalue weighted by atomic mass is 35.5. The van der Waals surface area contributed by atoms with Crippen LogP contribution in [0.5, 0.6) is 0 Å². The fourth-order valence-electron chi connectivity index (χ4n) is 4.80. The fourth-order valence-corrected chi connectivity index (χ4v) is 4.97. The summed E-state index contributed by atoms with van der Waals surface area (Å²) >= 11 is 6.15. The average molecular weight is 608 g/mol. The third kappa shape index (κ3) is 6.81. The molecule has 2 heterocycles. The highest BCUT2D eigenvalue weighted by Crippen LogP contribution is 2.34. The molecule has 7 nitrogen and oxygen atoms in total. The molecule has 11 heteroatoms. The van der Waals surface area contributed by atoms with Crippen LogP contribution in [0.1, 0.15) is 35.0 Å². The number of methoxy groups -OCH3 is 1. The van der Waals surface area contributed by atoms with Gasteiger partial charge < -0.3 is 9.72 Å². The first-order valence-electron chi connectivity index (χ1n) is 13.2. The molecular weight excluding hydrogens is 581 g/mol. The average Bonchev–Trinajstić information content (AvgIpc) is 3.50. The number of benzene rings is 3. The van der Waals surface area contributed by atoms with Crippen molar-refractivity contribution in [3.05, 3.63) is 125 Å². The number of carbonyl (C=O) groups is 1. The number of aromatic nitrogens is 3. The maximum atomic E-state index is 13.8. The molecule has 0 aliphatic rings. The number of aromatic amines is 1. The van der Waals surface area contributed by atoms with Crippen LogP contribution in [-0.2, 0) is 11.2 Å². The maximum Gasteiger partial charge on any atom is 0.411 e. The van der Waals surface area contributed by atoms with Gasteiger partial charge in [0.05, 0.1) is 18.4 Å². The Kier molecular flexibility index (Phi) is 8.96. The van der Waals surface area contributed by atoms with E-state index in [1.807, 2.05) is 12.1 Å². The lowest BCUT2D eigenvalue weighted by Crippen LogP contribution is -2.46. The zero-order chi connectivity index (χ0) is 30.5. The van der Waals surface area contributed by atoms with Crippen molar-refractivity contribution in [3.63, 3.8) is 0 Å². The Morgan fingerprint density at radius 2 is 1.72 bits per heavy atom. The number of halogens is 4. The van der Waals surface area contributed by atoms with E-state index in [0.29, 0.717) is 45.5 Å². The Balaban J connectivity index is 1.54. The largest absolute Gasteiger partial charge is 0.453 e. The molecule has 1 atom stereocenters. The quantitative estimate of drug-likeness (QED) is 0.171. The lowest BCUT2D eigenvalue weighted by Gasteiger charge is -2.14. The van der Waals surface area contributed by atoms with Gasteiger partial charge in [-0.2, -0.15) is 0 Å². The lowest BCUT2D eigenvalue weighted by molar-refractivity contribution is -0.890. The second-order valence-electron chi connectivity index (χ2n) is 9.63. The van der Waals surface area contributed by atoms with E-state index in [-0.39, 0.29) is 11.4 Å². The maximum absolute atomic E-state index is 13.8. The van der Waals surface area contributed by atoms with Gasteiger partial charge in [0.15, 0.2) is 0 Å². The Morgan fingerprint density at radius 1 is 1.00 bits per heavy atom. The predicted octanol–water partition coefficient (Wildman–Crippen LogP) is 7.37. The first kappa shape index (κ1) is 29.7. The van der Waals surface area contributed by atoms with E-state index in [0.717, 1.165) is 11.1 Å². The SMILES string of the molecule is COC(=O)Nc1ccc(-c2c[nH]c(C(Cc3ccc(F)cc3)c3ccc(-c4cc(Cl)ccc4C(F)F)c[n+]3OC)n2)cc1. The Bertz CT molecular complexity index is 1730. The molecule has 3 aromatic carbocycles. The fraction of sp³-hybridized carbons (Fsp3) is 0.156. The molecule has 43 heavy (non-hydrogen) atoms. The van der Waals surface area contributed by atoms with Crippen LogP contribution < -0.4 is 14.9 Å². The van der Waals surface area contributed by atoms with Gasteiger partial charge in [-0.1, -0.05) is 41.9 Å². The number of rotatable bonds is 9. The summed E-state index contributed by atoms with van der Waals surface area (Å²) in [7, 11) is 2.77. The van der Waals surface area contributed by atoms with Gasteiger partial charge in [-0.25, -0.2) is 22.9 Å². The first-order valence-corrected chi connectivity index (χ1v) is 13.6. The van der Waals surface area contributed by atoms with E-state index in [1.165, 1.54) is 49.3 Å². The van der Waals surface area contributed by atoms with Crippen LogP contribution in [0, 0.1) is 5.82 Å². The standard InChI is InChI=1S/C32H26ClF3N4O3/c1-42-32(41)38-24-11-5-20(6-12-24)28-17-37-31(39-28)27(15-19-3-9-23(34)10-4-19)29-14-7-21(18-40(29)43-2)26-16-22(33)8-13-25(26)30(35)36/h3-14,16-18,27,30H,15H2,1-2H3,(H-,37,38,39,41)/p+1. The Morgan fingerprint density at radius 3 is 2.40 bits per heavy atom. The van der Waals surface area contributed by atoms with Crippen LogP contribution in [0.15, 0.2) is 91.3 Å². The van der Waals surface area contributed by atoms with Gasteiger partial charge in [0.1, 0.15) is 24.7 Å². The number of H-pyrrole nitrogens is 1. The number of imidazole rings is 1. The highest BCUT2D eigenvalue weighted by Gasteiger charge is 2.30. The first-order chi connectivity index (χ1) is 20.7. The second kappa shape index (κ2) is 13.0. The minimum atomic E-state index is -2.69. The number of nitrogens with one attached hydrogen (secondary N) is 2. The molecule has 220 valence electrons. The molecule has 0 radical (unpaired) electrons. The number of pyridine rings is 1. The Labute approximate surface area is 250 Å². The van der Waals surface area contributed by atoms with Crippen LogP contribution >= 0.6 is 11.6 Å². The van der Waals surface area contributed by atoms with Crippen molar-refractivity contribution in [2.45, 2.75) is 18.8 Å². The van der Waals surface area contributed by atoms with E-state index < -0.39 is 18.4 Å². The minimum absolute atomic E-state index is 0.147. The van der Waals surface area contributed by atoms with E-state index in [9.17, 15) is 18.0 Å². The van der Waals surface area contributed by atoms with Gasteiger partial charge in [0.25, 0.3) is 6.43 Å². The zero-order valence-electron chi connectivity index (χ0n) is 23.2. The van der Waals surface area contributed by atoms with E-state index in [2.05, 4.69) is 15.0 Å². The third-order valence-electron chi connectivity index (χ3n) is 6.95. The Hall–Kier alpha value is -4.83. The molecular formula is C32H27ClF3N4O3+. The molecule has 0 aliphatic heterocycles. The number of carbonyl (C=O) groups excluding carboxylic acids is 1. The van der Waals surface area contributed by atoms with Gasteiger partial charge in [-0.05, 0) is 60.0 Å². The topological polar surface area (TPSA) is 80.1 Å². The number of ether oxygens (including phenoxy) is 1. The summed E-state index contributed by atoms with van der Waals surface area (Å²) in [6.45, 7) is 0. The van der Waals surface area contributed by atoms with Crippen molar-refractivity contribution in [3.8, 4) is 22.4 Å². The second-order valence-corrected chi connectivity index (χ2v) is 10.1. The normalized spacial score (nSPS) is 11.8. The van der Waals surface area contributed by atoms with Crippen molar-refractivity contribution >= 4 is 23.4 Å². The summed E-state index contributed by atoms with van der Waals surface area (Å²) < 4.78 is 47.5. The number of alkyl halides is 2. The van der Waals surface area contributed by atoms with E-state index in [4.69, 9.17) is 21.4 Å². The number of amides is 1. The molecule has 2 N–H and O–H groups in total. The molecule has 5 rings (SSSR count). The molecule has 1 unspecified atom stereocenters. The zero-order valence-corrected chi connectivity index (χ0v) is 23.9. The molecule has 0 spiro atoms. The van der Waals surface area contributed by atoms with Crippen LogP contribution in [0.25, 0.3) is 22.4 Å². The van der Waals surface area contributed by atoms with Crippen molar-refractivity contribution in [1.82, 2.24) is 9.97 Å². The summed E-state index contributed by atoms with van der Waals surface area (Å²) in [6, 6.07) is 21.0. The lowest BCUT2D eigenvalue weighted by atomic mass is 9.93. The number of hydrogen-bond donors (Lipinski definition) is 2. The van der Waals surface area contributed by atoms with Crippen molar-refractivity contribution < 1.29 is 32.3 Å². The minimum Gasteiger partial charge on any atom is -0.453 e. The monoisotopic (exact) mass is 607 g/mol. The molecule has 0 aliphatic carbocycles. The summed E-state index contributed by atoms with van der Waals surface area (Å²) in [6.07, 6.45) is 0.554. The number of anilines is 1. The van der Waals surface area contributed by atoms with Crippen molar-refractivity contribution in [2.24, 2.45) is 0 Å². The molecule has 0 fully saturated rings. The summed E-state index contributed by atoms with van der Waals surface area (Å²) in [5, 5.41) is 2.94. The van der Waals surface area contributed by atoms with E-state index >= 15 is 0 Å². The van der Waals surface area contributed by atoms with Gasteiger partial charge >= 0.3 is 6.09 Å². The van der Waals surface area contributed by atoms with Gasteiger partial charge in [-0.3, -0.25) is 10.2 Å². The van der Waals surface area contributed by atoms with Crippen molar-refractivity contribution in [2.75, 3.05) is 19.5 Å². The number of nitrogens with zero attached hydrogens (tertiary/aromatic N) is 2. The predicted molar refractivity (Wildman–Crippen MR) is 157 cm³/mol. The van der Waals surface area contributed by atoms with Crippen molar-refractivity contribution in [1.29, 1.82) is 0 Å². The van der Waals surface area contributed by atoms with Crippen LogP contribution in [0.2, 0.25) is 5.02 Å². The summed E-state index contributed by atoms with van der Waals surface area (Å²) in [5.74, 6) is -0.147. The van der Waals surface area contributed by atoms with Crippen LogP contribution in [0.3, 0.4) is 0 Å². The molecule has 1 amide bonds. The molecule has 5 aromatic rings. The molecule has 0 bridgehead atoms.